The van der Waals surface area contributed by atoms with Crippen LogP contribution in [-0.4, -0.2) is 36.6 Å². The van der Waals surface area contributed by atoms with Crippen LogP contribution in [0.3, 0.4) is 0 Å². The summed E-state index contributed by atoms with van der Waals surface area (Å²) in [6.07, 6.45) is 5.42. The van der Waals surface area contributed by atoms with Crippen molar-refractivity contribution in [2.75, 3.05) is 26.4 Å². The highest BCUT2D eigenvalue weighted by Gasteiger charge is 1.91. The van der Waals surface area contributed by atoms with Crippen LogP contribution in [0.5, 0.6) is 0 Å². The van der Waals surface area contributed by atoms with Gasteiger partial charge < -0.3 is 10.2 Å². The molecule has 3 N–H and O–H groups in total. The molecule has 0 aliphatic carbocycles. The van der Waals surface area contributed by atoms with Crippen molar-refractivity contribution >= 4 is 0 Å². The number of unbranched alkanes of at least 4 members (excludes halogenated alkanes) is 4. The first-order chi connectivity index (χ1) is 7.41. The molecule has 0 heterocycles. The Labute approximate surface area is 91.3 Å². The Morgan fingerprint density at radius 3 is 1.53 bits per heavy atom. The second-order valence-electron chi connectivity index (χ2n) is 3.35. The van der Waals surface area contributed by atoms with Crippen molar-refractivity contribution in [2.45, 2.75) is 38.5 Å². The minimum absolute atomic E-state index is 0.245. The van der Waals surface area contributed by atoms with Crippen molar-refractivity contribution in [3.8, 4) is 0 Å². The molecule has 0 aromatic carbocycles. The average Bonchev–Trinajstić information content (AvgIpc) is 2.26. The number of hydrogen-bond donors (Lipinski definition) is 3. The molecule has 15 heavy (non-hydrogen) atoms. The van der Waals surface area contributed by atoms with Gasteiger partial charge in [-0.2, -0.15) is 0 Å². The van der Waals surface area contributed by atoms with Crippen LogP contribution in [-0.2, 0) is 9.68 Å². The monoisotopic (exact) mass is 221 g/mol. The van der Waals surface area contributed by atoms with E-state index in [1.165, 1.54) is 0 Å². The lowest BCUT2D eigenvalue weighted by Gasteiger charge is -2.05. The van der Waals surface area contributed by atoms with Crippen LogP contribution in [0.4, 0.5) is 0 Å². The van der Waals surface area contributed by atoms with Crippen LogP contribution in [0, 0.1) is 0 Å². The molecule has 0 aliphatic rings. The first-order valence-electron chi connectivity index (χ1n) is 5.62. The smallest absolute Gasteiger partial charge is 0.0709 e. The summed E-state index contributed by atoms with van der Waals surface area (Å²) in [6.45, 7) is 1.68. The van der Waals surface area contributed by atoms with Crippen molar-refractivity contribution in [3.05, 3.63) is 0 Å². The molecule has 0 unspecified atom stereocenters. The maximum absolute atomic E-state index is 8.51. The quantitative estimate of drug-likeness (QED) is 0.335. The molecule has 0 spiro atoms. The van der Waals surface area contributed by atoms with Gasteiger partial charge in [-0.1, -0.05) is 5.64 Å². The van der Waals surface area contributed by atoms with Gasteiger partial charge in [0.25, 0.3) is 0 Å². The summed E-state index contributed by atoms with van der Waals surface area (Å²) in [5.41, 5.74) is 2.41. The van der Waals surface area contributed by atoms with Crippen LogP contribution in [0.25, 0.3) is 0 Å². The van der Waals surface area contributed by atoms with Crippen molar-refractivity contribution in [1.29, 1.82) is 0 Å². The normalized spacial score (nSPS) is 10.8. The summed E-state index contributed by atoms with van der Waals surface area (Å²) in [5.74, 6) is 0. The van der Waals surface area contributed by atoms with Gasteiger partial charge in [0.1, 0.15) is 0 Å². The fourth-order valence-corrected chi connectivity index (χ4v) is 1.05. The van der Waals surface area contributed by atoms with E-state index in [2.05, 4.69) is 5.64 Å². The van der Waals surface area contributed by atoms with E-state index in [0.29, 0.717) is 13.2 Å². The van der Waals surface area contributed by atoms with Crippen molar-refractivity contribution < 1.29 is 19.9 Å². The van der Waals surface area contributed by atoms with E-state index in [1.54, 1.807) is 0 Å². The summed E-state index contributed by atoms with van der Waals surface area (Å²) in [7, 11) is 0. The van der Waals surface area contributed by atoms with Gasteiger partial charge in [0, 0.05) is 13.2 Å². The maximum atomic E-state index is 8.51. The molecule has 0 radical (unpaired) electrons. The molecule has 0 saturated heterocycles. The largest absolute Gasteiger partial charge is 0.396 e. The van der Waals surface area contributed by atoms with Crippen LogP contribution in [0.1, 0.15) is 38.5 Å². The first kappa shape index (κ1) is 14.8. The zero-order valence-electron chi connectivity index (χ0n) is 9.28. The Kier molecular flexibility index (Phi) is 13.6. The third-order valence-electron chi connectivity index (χ3n) is 1.93. The van der Waals surface area contributed by atoms with E-state index < -0.39 is 0 Å². The third kappa shape index (κ3) is 13.8. The molecule has 0 atom stereocenters. The number of aliphatic hydroxyl groups is 2. The fraction of sp³-hybridized carbons (Fsp3) is 1.00. The Morgan fingerprint density at radius 1 is 0.667 bits per heavy atom. The van der Waals surface area contributed by atoms with Crippen molar-refractivity contribution in [2.24, 2.45) is 0 Å². The number of nitrogens with one attached hydrogen (secondary N) is 1. The zero-order valence-corrected chi connectivity index (χ0v) is 9.28. The van der Waals surface area contributed by atoms with E-state index in [9.17, 15) is 0 Å². The Hall–Kier alpha value is -0.200. The summed E-state index contributed by atoms with van der Waals surface area (Å²) in [4.78, 5) is 9.97. The molecule has 0 rings (SSSR count). The van der Waals surface area contributed by atoms with Crippen LogP contribution in [0.2, 0.25) is 0 Å². The predicted molar refractivity (Wildman–Crippen MR) is 56.9 cm³/mol. The van der Waals surface area contributed by atoms with Gasteiger partial charge in [0.05, 0.1) is 13.2 Å². The molecular formula is C10H23NO4. The third-order valence-corrected chi connectivity index (χ3v) is 1.93. The summed E-state index contributed by atoms with van der Waals surface area (Å²) < 4.78 is 0. The topological polar surface area (TPSA) is 71.0 Å². The molecule has 0 fully saturated rings. The molecule has 0 aromatic heterocycles. The van der Waals surface area contributed by atoms with Gasteiger partial charge in [0.15, 0.2) is 0 Å². The van der Waals surface area contributed by atoms with E-state index in [-0.39, 0.29) is 13.2 Å². The van der Waals surface area contributed by atoms with Gasteiger partial charge in [0.2, 0.25) is 0 Å². The van der Waals surface area contributed by atoms with Crippen molar-refractivity contribution in [1.82, 2.24) is 5.64 Å². The van der Waals surface area contributed by atoms with Crippen LogP contribution in [0.15, 0.2) is 0 Å². The van der Waals surface area contributed by atoms with Crippen LogP contribution >= 0.6 is 0 Å². The molecule has 0 saturated carbocycles. The summed E-state index contributed by atoms with van der Waals surface area (Å²) in [6, 6.07) is 0. The Morgan fingerprint density at radius 2 is 1.13 bits per heavy atom. The predicted octanol–water partition coefficient (Wildman–Crippen LogP) is 0.764. The van der Waals surface area contributed by atoms with E-state index in [1.807, 2.05) is 0 Å². The maximum Gasteiger partial charge on any atom is 0.0709 e. The average molecular weight is 221 g/mol. The minimum atomic E-state index is 0.245. The lowest BCUT2D eigenvalue weighted by Crippen LogP contribution is -2.17. The molecular weight excluding hydrogens is 198 g/mol. The lowest BCUT2D eigenvalue weighted by atomic mass is 10.2. The second-order valence-corrected chi connectivity index (χ2v) is 3.35. The highest BCUT2D eigenvalue weighted by molar-refractivity contribution is 4.38. The van der Waals surface area contributed by atoms with Gasteiger partial charge in [-0.15, -0.1) is 0 Å². The van der Waals surface area contributed by atoms with E-state index in [0.717, 1.165) is 38.5 Å². The van der Waals surface area contributed by atoms with E-state index >= 15 is 0 Å². The SMILES string of the molecule is OCCCCCONOCCCCCO. The molecule has 0 bridgehead atoms. The summed E-state index contributed by atoms with van der Waals surface area (Å²) >= 11 is 0. The molecule has 5 heteroatoms. The summed E-state index contributed by atoms with van der Waals surface area (Å²) in [5, 5.41) is 17.0. The fourth-order valence-electron chi connectivity index (χ4n) is 1.05. The molecule has 0 aliphatic heterocycles. The highest BCUT2D eigenvalue weighted by atomic mass is 16.9. The van der Waals surface area contributed by atoms with Gasteiger partial charge in [-0.05, 0) is 38.5 Å². The minimum Gasteiger partial charge on any atom is -0.396 e. The van der Waals surface area contributed by atoms with Gasteiger partial charge in [-0.3, -0.25) is 9.68 Å². The van der Waals surface area contributed by atoms with Crippen LogP contribution < -0.4 is 5.64 Å². The standard InChI is InChI=1S/C10H23NO4/c12-7-3-1-5-9-14-11-15-10-6-2-4-8-13/h11-13H,1-10H2. The second kappa shape index (κ2) is 13.8. The molecule has 0 aromatic rings. The first-order valence-corrected chi connectivity index (χ1v) is 5.62. The Bertz CT molecular complexity index is 102. The molecule has 0 amide bonds. The Balaban J connectivity index is 2.81. The number of aliphatic hydroxyl groups excluding tert-OH is 2. The highest BCUT2D eigenvalue weighted by Crippen LogP contribution is 1.95. The number of hydrogen-bond acceptors (Lipinski definition) is 5. The van der Waals surface area contributed by atoms with Crippen molar-refractivity contribution in [3.63, 3.8) is 0 Å². The zero-order chi connectivity index (χ0) is 11.2. The number of rotatable bonds is 12. The van der Waals surface area contributed by atoms with Gasteiger partial charge >= 0.3 is 0 Å². The molecule has 92 valence electrons. The van der Waals surface area contributed by atoms with Gasteiger partial charge in [-0.25, -0.2) is 0 Å². The molecule has 5 nitrogen and oxygen atoms in total. The van der Waals surface area contributed by atoms with E-state index in [4.69, 9.17) is 19.9 Å². The lowest BCUT2D eigenvalue weighted by molar-refractivity contribution is -0.171.